The van der Waals surface area contributed by atoms with Crippen LogP contribution < -0.4 is 0 Å². The Labute approximate surface area is 89.3 Å². The van der Waals surface area contributed by atoms with Crippen LogP contribution in [0.25, 0.3) is 0 Å². The van der Waals surface area contributed by atoms with Crippen LogP contribution in [0.5, 0.6) is 0 Å². The van der Waals surface area contributed by atoms with Crippen LogP contribution in [0.3, 0.4) is 0 Å². The van der Waals surface area contributed by atoms with Crippen LogP contribution in [0.2, 0.25) is 0 Å². The Kier molecular flexibility index (Phi) is 2.70. The molecule has 0 aromatic rings. The number of carbonyl (C=O) groups excluding carboxylic acids is 1. The van der Waals surface area contributed by atoms with E-state index in [0.717, 1.165) is 0 Å². The predicted octanol–water partition coefficient (Wildman–Crippen LogP) is -0.00490. The summed E-state index contributed by atoms with van der Waals surface area (Å²) in [5, 5.41) is 0. The number of likely N-dealkylation sites (tertiary alicyclic amines) is 1. The third-order valence-electron chi connectivity index (χ3n) is 2.71. The van der Waals surface area contributed by atoms with Crippen molar-refractivity contribution in [2.75, 3.05) is 26.8 Å². The monoisotopic (exact) mass is 215 g/mol. The average molecular weight is 215 g/mol. The van der Waals surface area contributed by atoms with Crippen LogP contribution in [-0.2, 0) is 19.0 Å². The van der Waals surface area contributed by atoms with Crippen LogP contribution >= 0.6 is 0 Å². The molecule has 0 aromatic carbocycles. The van der Waals surface area contributed by atoms with Gasteiger partial charge in [0.1, 0.15) is 18.8 Å². The zero-order valence-corrected chi connectivity index (χ0v) is 9.36. The predicted molar refractivity (Wildman–Crippen MR) is 52.3 cm³/mol. The molecular weight excluding hydrogens is 198 g/mol. The minimum absolute atomic E-state index is 0.00286. The van der Waals surface area contributed by atoms with Crippen molar-refractivity contribution < 1.29 is 19.0 Å². The third kappa shape index (κ3) is 2.14. The highest BCUT2D eigenvalue weighted by atomic mass is 16.8. The summed E-state index contributed by atoms with van der Waals surface area (Å²) in [6, 6.07) is 0. The maximum Gasteiger partial charge on any atom is 0.248 e. The van der Waals surface area contributed by atoms with Crippen LogP contribution in [-0.4, -0.2) is 55.6 Å². The fourth-order valence-corrected chi connectivity index (χ4v) is 2.15. The number of rotatable bonds is 2. The van der Waals surface area contributed by atoms with Crippen molar-refractivity contribution in [3.8, 4) is 0 Å². The Morgan fingerprint density at radius 1 is 1.40 bits per heavy atom. The molecule has 2 aliphatic heterocycles. The van der Waals surface area contributed by atoms with Crippen molar-refractivity contribution in [2.24, 2.45) is 0 Å². The minimum Gasteiger partial charge on any atom is -0.375 e. The molecule has 0 saturated carbocycles. The first kappa shape index (κ1) is 10.9. The van der Waals surface area contributed by atoms with Crippen molar-refractivity contribution in [2.45, 2.75) is 31.8 Å². The maximum atomic E-state index is 11.5. The van der Waals surface area contributed by atoms with Gasteiger partial charge in [0.25, 0.3) is 0 Å². The molecule has 2 rings (SSSR count). The molecule has 0 aliphatic carbocycles. The largest absolute Gasteiger partial charge is 0.375 e. The molecule has 0 N–H and O–H groups in total. The molecule has 2 saturated heterocycles. The van der Waals surface area contributed by atoms with Gasteiger partial charge in [0.2, 0.25) is 5.91 Å². The van der Waals surface area contributed by atoms with Gasteiger partial charge in [0, 0.05) is 20.2 Å². The second-order valence-corrected chi connectivity index (χ2v) is 4.44. The van der Waals surface area contributed by atoms with Crippen molar-refractivity contribution >= 4 is 5.91 Å². The summed E-state index contributed by atoms with van der Waals surface area (Å²) >= 11 is 0. The van der Waals surface area contributed by atoms with Crippen molar-refractivity contribution in [3.05, 3.63) is 0 Å². The standard InChI is InChI=1S/C10H17NO4/c1-10(2)14-7-4-11(5-8(7)15-10)9(12)6-13-3/h7-8H,4-6H2,1-3H3. The molecule has 86 valence electrons. The number of fused-ring (bicyclic) bond motifs is 1. The van der Waals surface area contributed by atoms with E-state index in [9.17, 15) is 4.79 Å². The number of amides is 1. The number of hydrogen-bond donors (Lipinski definition) is 0. The smallest absolute Gasteiger partial charge is 0.248 e. The van der Waals surface area contributed by atoms with Crippen LogP contribution in [0.4, 0.5) is 0 Å². The molecule has 2 unspecified atom stereocenters. The van der Waals surface area contributed by atoms with Crippen LogP contribution in [0.15, 0.2) is 0 Å². The van der Waals surface area contributed by atoms with Gasteiger partial charge in [0.05, 0.1) is 0 Å². The first-order chi connectivity index (χ1) is 7.02. The summed E-state index contributed by atoms with van der Waals surface area (Å²) in [6.45, 7) is 5.13. The fourth-order valence-electron chi connectivity index (χ4n) is 2.15. The number of methoxy groups -OCH3 is 1. The zero-order valence-electron chi connectivity index (χ0n) is 9.36. The van der Waals surface area contributed by atoms with E-state index in [2.05, 4.69) is 0 Å². The van der Waals surface area contributed by atoms with Crippen LogP contribution in [0, 0.1) is 0 Å². The van der Waals surface area contributed by atoms with Crippen LogP contribution in [0.1, 0.15) is 13.8 Å². The Balaban J connectivity index is 1.91. The fraction of sp³-hybridized carbons (Fsp3) is 0.900. The number of nitrogens with zero attached hydrogens (tertiary/aromatic N) is 1. The molecule has 5 nitrogen and oxygen atoms in total. The molecule has 0 aromatic heterocycles. The van der Waals surface area contributed by atoms with Gasteiger partial charge in [-0.2, -0.15) is 0 Å². The number of hydrogen-bond acceptors (Lipinski definition) is 4. The Morgan fingerprint density at radius 2 is 1.93 bits per heavy atom. The number of carbonyl (C=O) groups is 1. The molecule has 5 heteroatoms. The van der Waals surface area contributed by atoms with Gasteiger partial charge in [0.15, 0.2) is 5.79 Å². The molecule has 15 heavy (non-hydrogen) atoms. The van der Waals surface area contributed by atoms with E-state index in [1.807, 2.05) is 13.8 Å². The summed E-state index contributed by atoms with van der Waals surface area (Å²) in [5.41, 5.74) is 0. The molecule has 0 bridgehead atoms. The third-order valence-corrected chi connectivity index (χ3v) is 2.71. The lowest BCUT2D eigenvalue weighted by molar-refractivity contribution is -0.161. The lowest BCUT2D eigenvalue weighted by Gasteiger charge is -2.22. The molecule has 2 heterocycles. The minimum atomic E-state index is -0.508. The lowest BCUT2D eigenvalue weighted by Crippen LogP contribution is -2.36. The van der Waals surface area contributed by atoms with E-state index in [-0.39, 0.29) is 24.7 Å². The quantitative estimate of drug-likeness (QED) is 0.650. The van der Waals surface area contributed by atoms with Gasteiger partial charge in [-0.1, -0.05) is 0 Å². The molecule has 2 fully saturated rings. The lowest BCUT2D eigenvalue weighted by atomic mass is 10.3. The molecular formula is C10H17NO4. The molecule has 2 atom stereocenters. The Morgan fingerprint density at radius 3 is 2.40 bits per heavy atom. The second-order valence-electron chi connectivity index (χ2n) is 4.44. The summed E-state index contributed by atoms with van der Waals surface area (Å²) in [7, 11) is 1.52. The van der Waals surface area contributed by atoms with Crippen molar-refractivity contribution in [3.63, 3.8) is 0 Å². The Bertz CT molecular complexity index is 250. The topological polar surface area (TPSA) is 48.0 Å². The second kappa shape index (κ2) is 3.73. The van der Waals surface area contributed by atoms with E-state index >= 15 is 0 Å². The summed E-state index contributed by atoms with van der Waals surface area (Å²) in [4.78, 5) is 13.3. The van der Waals surface area contributed by atoms with E-state index in [4.69, 9.17) is 14.2 Å². The highest BCUT2D eigenvalue weighted by Crippen LogP contribution is 2.32. The normalized spacial score (nSPS) is 33.1. The van der Waals surface area contributed by atoms with Crippen molar-refractivity contribution in [1.82, 2.24) is 4.90 Å². The average Bonchev–Trinajstić information content (AvgIpc) is 2.57. The Hall–Kier alpha value is -0.650. The van der Waals surface area contributed by atoms with Gasteiger partial charge in [-0.15, -0.1) is 0 Å². The van der Waals surface area contributed by atoms with Gasteiger partial charge in [-0.25, -0.2) is 0 Å². The summed E-state index contributed by atoms with van der Waals surface area (Å²) in [6.07, 6.45) is 0.0293. The summed E-state index contributed by atoms with van der Waals surface area (Å²) < 4.78 is 16.2. The van der Waals surface area contributed by atoms with E-state index < -0.39 is 5.79 Å². The van der Waals surface area contributed by atoms with Gasteiger partial charge < -0.3 is 19.1 Å². The molecule has 0 radical (unpaired) electrons. The maximum absolute atomic E-state index is 11.5. The molecule has 0 spiro atoms. The first-order valence-electron chi connectivity index (χ1n) is 5.14. The molecule has 2 aliphatic rings. The molecule has 1 amide bonds. The van der Waals surface area contributed by atoms with E-state index in [1.54, 1.807) is 4.90 Å². The summed E-state index contributed by atoms with van der Waals surface area (Å²) in [5.74, 6) is -0.511. The van der Waals surface area contributed by atoms with Gasteiger partial charge in [-0.05, 0) is 13.8 Å². The highest BCUT2D eigenvalue weighted by molar-refractivity contribution is 5.77. The zero-order chi connectivity index (χ0) is 11.1. The van der Waals surface area contributed by atoms with Gasteiger partial charge in [-0.3, -0.25) is 4.79 Å². The van der Waals surface area contributed by atoms with Gasteiger partial charge >= 0.3 is 0 Å². The SMILES string of the molecule is COCC(=O)N1CC2OC(C)(C)OC2C1. The van der Waals surface area contributed by atoms with E-state index in [1.165, 1.54) is 7.11 Å². The van der Waals surface area contributed by atoms with Crippen molar-refractivity contribution in [1.29, 1.82) is 0 Å². The first-order valence-corrected chi connectivity index (χ1v) is 5.14. The highest BCUT2D eigenvalue weighted by Gasteiger charge is 2.47. The van der Waals surface area contributed by atoms with E-state index in [0.29, 0.717) is 13.1 Å². The number of ether oxygens (including phenoxy) is 3.